The number of benzene rings is 2. The third kappa shape index (κ3) is 4.55. The molecule has 0 radical (unpaired) electrons. The Morgan fingerprint density at radius 2 is 1.68 bits per heavy atom. The van der Waals surface area contributed by atoms with Gasteiger partial charge in [-0.05, 0) is 74.1 Å². The summed E-state index contributed by atoms with van der Waals surface area (Å²) in [7, 11) is -3.71. The minimum Gasteiger partial charge on any atom is -0.349 e. The van der Waals surface area contributed by atoms with Crippen molar-refractivity contribution in [2.75, 3.05) is 4.72 Å². The fourth-order valence-electron chi connectivity index (χ4n) is 3.63. The Morgan fingerprint density at radius 3 is 2.36 bits per heavy atom. The van der Waals surface area contributed by atoms with Crippen molar-refractivity contribution < 1.29 is 13.2 Å². The average Bonchev–Trinajstić information content (AvgIpc) is 2.67. The third-order valence-electron chi connectivity index (χ3n) is 5.70. The van der Waals surface area contributed by atoms with E-state index in [1.165, 1.54) is 18.6 Å². The molecule has 0 bridgehead atoms. The summed E-state index contributed by atoms with van der Waals surface area (Å²) < 4.78 is 28.0. The zero-order valence-corrected chi connectivity index (χ0v) is 17.5. The maximum Gasteiger partial charge on any atom is 0.261 e. The second-order valence-electron chi connectivity index (χ2n) is 7.72. The molecule has 1 fully saturated rings. The molecule has 1 aliphatic carbocycles. The summed E-state index contributed by atoms with van der Waals surface area (Å²) in [6.07, 6.45) is 4.48. The molecular weight excluding hydrogens is 372 g/mol. The van der Waals surface area contributed by atoms with E-state index in [-0.39, 0.29) is 16.8 Å². The van der Waals surface area contributed by atoms with Gasteiger partial charge in [-0.15, -0.1) is 0 Å². The molecule has 2 atom stereocenters. The van der Waals surface area contributed by atoms with E-state index in [1.807, 2.05) is 26.0 Å². The molecule has 2 aromatic rings. The molecule has 28 heavy (non-hydrogen) atoms. The molecule has 6 heteroatoms. The van der Waals surface area contributed by atoms with Gasteiger partial charge in [-0.1, -0.05) is 31.9 Å². The van der Waals surface area contributed by atoms with Gasteiger partial charge in [0.25, 0.3) is 15.9 Å². The molecule has 0 aliphatic heterocycles. The molecule has 0 spiro atoms. The second-order valence-corrected chi connectivity index (χ2v) is 9.40. The Morgan fingerprint density at radius 1 is 1.00 bits per heavy atom. The van der Waals surface area contributed by atoms with Crippen LogP contribution in [0.25, 0.3) is 0 Å². The summed E-state index contributed by atoms with van der Waals surface area (Å²) in [6.45, 7) is 5.99. The summed E-state index contributed by atoms with van der Waals surface area (Å²) in [5.41, 5.74) is 2.95. The molecule has 0 aromatic heterocycles. The number of hydrogen-bond donors (Lipinski definition) is 2. The van der Waals surface area contributed by atoms with Crippen LogP contribution >= 0.6 is 0 Å². The number of hydrogen-bond acceptors (Lipinski definition) is 3. The molecule has 3 rings (SSSR count). The highest BCUT2D eigenvalue weighted by Gasteiger charge is 2.23. The smallest absolute Gasteiger partial charge is 0.261 e. The van der Waals surface area contributed by atoms with E-state index >= 15 is 0 Å². The van der Waals surface area contributed by atoms with Gasteiger partial charge < -0.3 is 5.32 Å². The van der Waals surface area contributed by atoms with Crippen LogP contribution in [0.3, 0.4) is 0 Å². The predicted octanol–water partition coefficient (Wildman–Crippen LogP) is 4.41. The third-order valence-corrected chi connectivity index (χ3v) is 7.09. The molecule has 0 unspecified atom stereocenters. The predicted molar refractivity (Wildman–Crippen MR) is 112 cm³/mol. The first kappa shape index (κ1) is 20.4. The summed E-state index contributed by atoms with van der Waals surface area (Å²) in [6, 6.07) is 11.8. The number of rotatable bonds is 5. The van der Waals surface area contributed by atoms with E-state index in [0.717, 1.165) is 30.4 Å². The number of anilines is 1. The number of carbonyl (C=O) groups is 1. The summed E-state index contributed by atoms with van der Waals surface area (Å²) in [5, 5.41) is 3.09. The van der Waals surface area contributed by atoms with Crippen LogP contribution in [0.2, 0.25) is 0 Å². The summed E-state index contributed by atoms with van der Waals surface area (Å²) in [4.78, 5) is 12.7. The van der Waals surface area contributed by atoms with Crippen LogP contribution in [0.4, 0.5) is 5.69 Å². The molecule has 2 aromatic carbocycles. The van der Waals surface area contributed by atoms with Crippen LogP contribution in [-0.4, -0.2) is 20.4 Å². The first-order chi connectivity index (χ1) is 13.3. The first-order valence-electron chi connectivity index (χ1n) is 9.78. The minimum atomic E-state index is -3.71. The van der Waals surface area contributed by atoms with Crippen molar-refractivity contribution in [3.05, 3.63) is 59.2 Å². The van der Waals surface area contributed by atoms with E-state index in [9.17, 15) is 13.2 Å². The number of sulfonamides is 1. The zero-order valence-electron chi connectivity index (χ0n) is 16.7. The average molecular weight is 401 g/mol. The van der Waals surface area contributed by atoms with Crippen molar-refractivity contribution in [1.82, 2.24) is 5.32 Å². The normalized spacial score (nSPS) is 19.8. The Hall–Kier alpha value is -2.34. The maximum atomic E-state index is 12.7. The summed E-state index contributed by atoms with van der Waals surface area (Å²) in [5.74, 6) is 0.323. The minimum absolute atomic E-state index is 0.135. The molecule has 5 nitrogen and oxygen atoms in total. The highest BCUT2D eigenvalue weighted by molar-refractivity contribution is 7.92. The van der Waals surface area contributed by atoms with Gasteiger partial charge in [-0.2, -0.15) is 0 Å². The van der Waals surface area contributed by atoms with Crippen LogP contribution in [0, 0.1) is 19.8 Å². The van der Waals surface area contributed by atoms with Crippen molar-refractivity contribution in [2.45, 2.75) is 57.4 Å². The van der Waals surface area contributed by atoms with Crippen molar-refractivity contribution in [3.8, 4) is 0 Å². The zero-order chi connectivity index (χ0) is 20.3. The van der Waals surface area contributed by atoms with Gasteiger partial charge in [0.05, 0.1) is 10.6 Å². The largest absolute Gasteiger partial charge is 0.349 e. The highest BCUT2D eigenvalue weighted by atomic mass is 32.2. The van der Waals surface area contributed by atoms with Crippen molar-refractivity contribution in [2.24, 2.45) is 5.92 Å². The number of aryl methyl sites for hydroxylation is 1. The van der Waals surface area contributed by atoms with Crippen LogP contribution in [0.1, 0.15) is 54.1 Å². The summed E-state index contributed by atoms with van der Waals surface area (Å²) >= 11 is 0. The van der Waals surface area contributed by atoms with Crippen molar-refractivity contribution in [3.63, 3.8) is 0 Å². The van der Waals surface area contributed by atoms with Crippen LogP contribution < -0.4 is 10.0 Å². The molecule has 1 saturated carbocycles. The SMILES string of the molecule is Cc1cccc(NS(=O)(=O)c2ccc(C(=O)N[C@@H]3CCCC[C@H]3C)cc2)c1C. The Labute approximate surface area is 167 Å². The molecular formula is C22H28N2O3S. The van der Waals surface area contributed by atoms with E-state index in [4.69, 9.17) is 0 Å². The van der Waals surface area contributed by atoms with Gasteiger partial charge >= 0.3 is 0 Å². The lowest BCUT2D eigenvalue weighted by Gasteiger charge is -2.29. The van der Waals surface area contributed by atoms with Crippen LogP contribution in [0.5, 0.6) is 0 Å². The van der Waals surface area contributed by atoms with Crippen molar-refractivity contribution in [1.29, 1.82) is 0 Å². The maximum absolute atomic E-state index is 12.7. The lowest BCUT2D eigenvalue weighted by molar-refractivity contribution is 0.0910. The van der Waals surface area contributed by atoms with Crippen LogP contribution in [0.15, 0.2) is 47.4 Å². The molecule has 1 amide bonds. The van der Waals surface area contributed by atoms with Gasteiger partial charge in [-0.25, -0.2) is 8.42 Å². The lowest BCUT2D eigenvalue weighted by Crippen LogP contribution is -2.41. The van der Waals surface area contributed by atoms with Gasteiger partial charge in [0, 0.05) is 11.6 Å². The van der Waals surface area contributed by atoms with Gasteiger partial charge in [0.15, 0.2) is 0 Å². The van der Waals surface area contributed by atoms with E-state index in [2.05, 4.69) is 17.0 Å². The number of carbonyl (C=O) groups excluding carboxylic acids is 1. The fourth-order valence-corrected chi connectivity index (χ4v) is 4.76. The van der Waals surface area contributed by atoms with E-state index in [1.54, 1.807) is 18.2 Å². The quantitative estimate of drug-likeness (QED) is 0.780. The van der Waals surface area contributed by atoms with Gasteiger partial charge in [0.2, 0.25) is 0 Å². The molecule has 1 aliphatic rings. The Balaban J connectivity index is 1.72. The Bertz CT molecular complexity index is 952. The highest BCUT2D eigenvalue weighted by Crippen LogP contribution is 2.25. The van der Waals surface area contributed by atoms with Gasteiger partial charge in [0.1, 0.15) is 0 Å². The van der Waals surface area contributed by atoms with Gasteiger partial charge in [-0.3, -0.25) is 9.52 Å². The molecule has 0 heterocycles. The molecule has 2 N–H and O–H groups in total. The number of amides is 1. The van der Waals surface area contributed by atoms with E-state index < -0.39 is 10.0 Å². The standard InChI is InChI=1S/C22H28N2O3S/c1-15-8-6-10-21(17(15)3)24-28(26,27)19-13-11-18(12-14-19)22(25)23-20-9-5-4-7-16(20)2/h6,8,10-14,16,20,24H,4-5,7,9H2,1-3H3,(H,23,25)/t16-,20-/m1/s1. The topological polar surface area (TPSA) is 75.3 Å². The Kier molecular flexibility index (Phi) is 6.08. The van der Waals surface area contributed by atoms with Crippen LogP contribution in [-0.2, 0) is 10.0 Å². The first-order valence-corrected chi connectivity index (χ1v) is 11.3. The monoisotopic (exact) mass is 400 g/mol. The molecule has 150 valence electrons. The second kappa shape index (κ2) is 8.35. The van der Waals surface area contributed by atoms with Crippen molar-refractivity contribution >= 4 is 21.6 Å². The molecule has 0 saturated heterocycles. The number of nitrogens with one attached hydrogen (secondary N) is 2. The fraction of sp³-hybridized carbons (Fsp3) is 0.409. The van der Waals surface area contributed by atoms with E-state index in [0.29, 0.717) is 17.2 Å². The lowest BCUT2D eigenvalue weighted by atomic mass is 9.86.